The van der Waals surface area contributed by atoms with Crippen molar-refractivity contribution in [1.29, 1.82) is 0 Å². The summed E-state index contributed by atoms with van der Waals surface area (Å²) >= 11 is 1.53. The average Bonchev–Trinajstić information content (AvgIpc) is 1.86. The van der Waals surface area contributed by atoms with Gasteiger partial charge in [0.05, 0.1) is 6.04 Å². The summed E-state index contributed by atoms with van der Waals surface area (Å²) in [5.41, 5.74) is 0. The second-order valence-corrected chi connectivity index (χ2v) is 1.97. The molecule has 0 aromatic carbocycles. The molecule has 0 spiro atoms. The third-order valence-corrected chi connectivity index (χ3v) is 1.38. The zero-order valence-electron chi connectivity index (χ0n) is 3.59. The number of hydrogen-bond donors (Lipinski definition) is 0. The highest BCUT2D eigenvalue weighted by molar-refractivity contribution is 8.00. The summed E-state index contributed by atoms with van der Waals surface area (Å²) < 4.78 is 4.04. The lowest BCUT2D eigenvalue weighted by Gasteiger charge is -1.89. The summed E-state index contributed by atoms with van der Waals surface area (Å²) in [6.45, 7) is 2.07. The van der Waals surface area contributed by atoms with Crippen LogP contribution in [-0.2, 0) is 0 Å². The molecule has 0 aromatic heterocycles. The number of rotatable bonds is 0. The van der Waals surface area contributed by atoms with Gasteiger partial charge in [0.2, 0.25) is 0 Å². The van der Waals surface area contributed by atoms with Gasteiger partial charge in [-0.25, -0.2) is 0 Å². The van der Waals surface area contributed by atoms with Crippen LogP contribution in [0.3, 0.4) is 0 Å². The van der Waals surface area contributed by atoms with Gasteiger partial charge in [0.15, 0.2) is 0 Å². The normalized spacial score (nSPS) is 31.8. The van der Waals surface area contributed by atoms with E-state index in [-0.39, 0.29) is 0 Å². The van der Waals surface area contributed by atoms with Gasteiger partial charge in [0.25, 0.3) is 0 Å². The Morgan fingerprint density at radius 3 is 2.83 bits per heavy atom. The van der Waals surface area contributed by atoms with Crippen LogP contribution < -0.4 is 4.72 Å². The Hall–Kier alpha value is 0.0500. The second-order valence-electron chi connectivity index (χ2n) is 1.28. The third kappa shape index (κ3) is 0.758. The molecule has 0 N–H and O–H groups in total. The molecule has 0 bridgehead atoms. The van der Waals surface area contributed by atoms with Crippen LogP contribution in [0.5, 0.6) is 0 Å². The second kappa shape index (κ2) is 1.67. The topological polar surface area (TPSA) is 14.1 Å². The van der Waals surface area contributed by atoms with Gasteiger partial charge in [-0.2, -0.15) is 4.72 Å². The van der Waals surface area contributed by atoms with Crippen LogP contribution in [0.25, 0.3) is 0 Å². The van der Waals surface area contributed by atoms with E-state index in [4.69, 9.17) is 0 Å². The quantitative estimate of drug-likeness (QED) is 0.416. The Morgan fingerprint density at radius 1 is 1.83 bits per heavy atom. The van der Waals surface area contributed by atoms with Crippen molar-refractivity contribution in [2.45, 2.75) is 13.0 Å². The summed E-state index contributed by atoms with van der Waals surface area (Å²) in [5.74, 6) is 0. The first-order valence-corrected chi connectivity index (χ1v) is 2.76. The van der Waals surface area contributed by atoms with Crippen LogP contribution >= 0.6 is 11.9 Å². The molecule has 6 heavy (non-hydrogen) atoms. The molecule has 0 fully saturated rings. The average molecular weight is 100 g/mol. The highest BCUT2D eigenvalue weighted by Gasteiger charge is 2.00. The van der Waals surface area contributed by atoms with Gasteiger partial charge in [0.1, 0.15) is 0 Å². The zero-order valence-corrected chi connectivity index (χ0v) is 4.40. The van der Waals surface area contributed by atoms with Crippen molar-refractivity contribution in [2.75, 3.05) is 0 Å². The highest BCUT2D eigenvalue weighted by atomic mass is 32.2. The minimum absolute atomic E-state index is 0.454. The molecule has 0 saturated heterocycles. The Balaban J connectivity index is 2.38. The van der Waals surface area contributed by atoms with Gasteiger partial charge in [-0.1, -0.05) is 6.08 Å². The Labute approximate surface area is 41.9 Å². The maximum absolute atomic E-state index is 4.04. The van der Waals surface area contributed by atoms with Gasteiger partial charge in [-0.3, -0.25) is 0 Å². The van der Waals surface area contributed by atoms with Gasteiger partial charge < -0.3 is 0 Å². The summed E-state index contributed by atoms with van der Waals surface area (Å²) in [6, 6.07) is 0.454. The van der Waals surface area contributed by atoms with E-state index in [1.807, 2.05) is 5.41 Å². The van der Waals surface area contributed by atoms with E-state index in [9.17, 15) is 0 Å². The largest absolute Gasteiger partial charge is 0.164 e. The smallest absolute Gasteiger partial charge is 0.0532 e. The van der Waals surface area contributed by atoms with E-state index >= 15 is 0 Å². The summed E-state index contributed by atoms with van der Waals surface area (Å²) in [7, 11) is 0. The first-order chi connectivity index (χ1) is 2.89. The molecule has 1 rings (SSSR count). The van der Waals surface area contributed by atoms with Crippen LogP contribution in [0.15, 0.2) is 11.5 Å². The minimum Gasteiger partial charge on any atom is -0.164 e. The Kier molecular flexibility index (Phi) is 1.17. The summed E-state index contributed by atoms with van der Waals surface area (Å²) in [5, 5.41) is 2.00. The van der Waals surface area contributed by atoms with Crippen molar-refractivity contribution in [3.05, 3.63) is 11.5 Å². The van der Waals surface area contributed by atoms with Crippen molar-refractivity contribution < 1.29 is 0 Å². The van der Waals surface area contributed by atoms with E-state index in [0.29, 0.717) is 6.04 Å². The fourth-order valence-corrected chi connectivity index (χ4v) is 0.945. The number of nitrogens with zero attached hydrogens (tertiary/aromatic N) is 1. The third-order valence-electron chi connectivity index (χ3n) is 0.645. The van der Waals surface area contributed by atoms with Gasteiger partial charge >= 0.3 is 0 Å². The minimum atomic E-state index is 0.454. The van der Waals surface area contributed by atoms with E-state index in [1.165, 1.54) is 11.9 Å². The molecule has 1 atom stereocenters. The van der Waals surface area contributed by atoms with Gasteiger partial charge in [-0.05, 0) is 24.3 Å². The fourth-order valence-electron chi connectivity index (χ4n) is 0.315. The lowest BCUT2D eigenvalue weighted by atomic mass is 10.4. The molecule has 0 aromatic rings. The molecular formula is C4H6NS. The molecule has 1 heterocycles. The van der Waals surface area contributed by atoms with Crippen molar-refractivity contribution in [3.63, 3.8) is 0 Å². The number of hydrogen-bond acceptors (Lipinski definition) is 1. The summed E-state index contributed by atoms with van der Waals surface area (Å²) in [6.07, 6.45) is 2.07. The van der Waals surface area contributed by atoms with E-state index in [2.05, 4.69) is 17.7 Å². The molecule has 2 heteroatoms. The van der Waals surface area contributed by atoms with Gasteiger partial charge in [0, 0.05) is 0 Å². The molecule has 1 aliphatic rings. The van der Waals surface area contributed by atoms with Crippen molar-refractivity contribution in [2.24, 2.45) is 0 Å². The van der Waals surface area contributed by atoms with Crippen LogP contribution in [-0.4, -0.2) is 6.04 Å². The maximum Gasteiger partial charge on any atom is 0.0532 e. The van der Waals surface area contributed by atoms with Crippen molar-refractivity contribution in [1.82, 2.24) is 4.72 Å². The first-order valence-electron chi connectivity index (χ1n) is 1.92. The van der Waals surface area contributed by atoms with E-state index in [0.717, 1.165) is 0 Å². The molecule has 0 aliphatic carbocycles. The van der Waals surface area contributed by atoms with Crippen molar-refractivity contribution >= 4 is 11.9 Å². The molecule has 0 saturated carbocycles. The standard InChI is InChI=1S/C4H6NS/c1-4-2-3-6-5-4/h2-4H,1H3. The molecule has 1 unspecified atom stereocenters. The summed E-state index contributed by atoms with van der Waals surface area (Å²) in [4.78, 5) is 0. The molecule has 33 valence electrons. The molecule has 1 radical (unpaired) electrons. The van der Waals surface area contributed by atoms with Crippen LogP contribution in [0.4, 0.5) is 0 Å². The van der Waals surface area contributed by atoms with E-state index in [1.54, 1.807) is 0 Å². The Bertz CT molecular complexity index is 69.9. The zero-order chi connectivity index (χ0) is 4.41. The van der Waals surface area contributed by atoms with Crippen LogP contribution in [0.2, 0.25) is 0 Å². The van der Waals surface area contributed by atoms with Crippen LogP contribution in [0.1, 0.15) is 6.92 Å². The predicted molar refractivity (Wildman–Crippen MR) is 28.3 cm³/mol. The van der Waals surface area contributed by atoms with Crippen LogP contribution in [0, 0.1) is 0 Å². The molecule has 1 aliphatic heterocycles. The molecule has 1 nitrogen and oxygen atoms in total. The molecule has 0 amide bonds. The monoisotopic (exact) mass is 100 g/mol. The predicted octanol–water partition coefficient (Wildman–Crippen LogP) is 1.15. The Morgan fingerprint density at radius 2 is 2.67 bits per heavy atom. The van der Waals surface area contributed by atoms with Crippen molar-refractivity contribution in [3.8, 4) is 0 Å². The molecular weight excluding hydrogens is 94.1 g/mol. The fraction of sp³-hybridized carbons (Fsp3) is 0.500. The first kappa shape index (κ1) is 4.22. The van der Waals surface area contributed by atoms with Gasteiger partial charge in [-0.15, -0.1) is 0 Å². The lowest BCUT2D eigenvalue weighted by molar-refractivity contribution is 0.856. The SMILES string of the molecule is CC1C=CS[N]1. The van der Waals surface area contributed by atoms with E-state index < -0.39 is 0 Å². The maximum atomic E-state index is 4.04. The highest BCUT2D eigenvalue weighted by Crippen LogP contribution is 2.09. The lowest BCUT2D eigenvalue weighted by Crippen LogP contribution is -2.00.